The second kappa shape index (κ2) is 8.94. The third-order valence-electron chi connectivity index (χ3n) is 5.04. The number of nitro benzene ring substituents is 1. The Morgan fingerprint density at radius 3 is 2.68 bits per heavy atom. The van der Waals surface area contributed by atoms with Crippen molar-refractivity contribution in [2.24, 2.45) is 0 Å². The molecule has 1 amide bonds. The Kier molecular flexibility index (Phi) is 6.33. The molecule has 15 heteroatoms. The van der Waals surface area contributed by atoms with Gasteiger partial charge in [0.1, 0.15) is 17.3 Å². The third-order valence-corrected chi connectivity index (χ3v) is 6.22. The molecule has 0 saturated heterocycles. The van der Waals surface area contributed by atoms with Gasteiger partial charge in [-0.05, 0) is 44.0 Å². The highest BCUT2D eigenvalue weighted by Gasteiger charge is 2.48. The number of ether oxygens (including phenoxy) is 1. The van der Waals surface area contributed by atoms with Crippen molar-refractivity contribution in [2.45, 2.75) is 24.7 Å². The van der Waals surface area contributed by atoms with Crippen LogP contribution in [0.2, 0.25) is 0 Å². The highest BCUT2D eigenvalue weighted by atomic mass is 79.9. The van der Waals surface area contributed by atoms with E-state index in [1.807, 2.05) is 0 Å². The summed E-state index contributed by atoms with van der Waals surface area (Å²) in [7, 11) is 1.29. The first-order valence-electron chi connectivity index (χ1n) is 9.49. The Bertz CT molecular complexity index is 1280. The molecule has 3 heterocycles. The molecular formula is C19H14Br2F3N5O5. The van der Waals surface area contributed by atoms with Crippen molar-refractivity contribution in [3.05, 3.63) is 61.0 Å². The van der Waals surface area contributed by atoms with Crippen molar-refractivity contribution in [1.82, 2.24) is 9.78 Å². The maximum atomic E-state index is 13.9. The second-order valence-electron chi connectivity index (χ2n) is 7.22. The predicted molar refractivity (Wildman–Crippen MR) is 120 cm³/mol. The lowest BCUT2D eigenvalue weighted by Crippen LogP contribution is -2.35. The van der Waals surface area contributed by atoms with Crippen molar-refractivity contribution in [3.8, 4) is 5.75 Å². The molecule has 180 valence electrons. The van der Waals surface area contributed by atoms with Gasteiger partial charge in [0.15, 0.2) is 16.4 Å². The molecule has 1 aliphatic rings. The molecule has 10 nitrogen and oxygen atoms in total. The summed E-state index contributed by atoms with van der Waals surface area (Å²) in [5.74, 6) is -0.557. The zero-order valence-corrected chi connectivity index (χ0v) is 20.2. The number of non-ortho nitro benzene ring substituents is 1. The summed E-state index contributed by atoms with van der Waals surface area (Å²) in [6, 6.07) is 3.81. The molecular weight excluding hydrogens is 595 g/mol. The Morgan fingerprint density at radius 2 is 2.09 bits per heavy atom. The summed E-state index contributed by atoms with van der Waals surface area (Å²) < 4.78 is 53.1. The van der Waals surface area contributed by atoms with Crippen molar-refractivity contribution < 1.29 is 32.0 Å². The number of halogens is 5. The standard InChI is InChI=1S/C19H14Br2F3N5O5/c1-33-10-5-8(4-9(6-10)29(31)32)25-18(30)16-15(21)17-26-11(12-2-3-14(20)34-12)7-13(19(22,23)24)28(17)27-16/h2-6,11,13,26H,7H2,1H3,(H,25,30)/t11-,13-/m0/s1. The van der Waals surface area contributed by atoms with Gasteiger partial charge < -0.3 is 19.8 Å². The van der Waals surface area contributed by atoms with E-state index in [2.05, 4.69) is 47.6 Å². The number of nitrogens with zero attached hydrogens (tertiary/aromatic N) is 3. The molecule has 0 fully saturated rings. The Labute approximate surface area is 205 Å². The van der Waals surface area contributed by atoms with Gasteiger partial charge in [-0.15, -0.1) is 0 Å². The molecule has 0 aliphatic carbocycles. The molecule has 34 heavy (non-hydrogen) atoms. The number of anilines is 2. The topological polar surface area (TPSA) is 124 Å². The summed E-state index contributed by atoms with van der Waals surface area (Å²) in [5.41, 5.74) is -0.680. The SMILES string of the molecule is COc1cc(NC(=O)c2nn3c(c2Br)N[C@H](c2ccc(Br)o2)C[C@H]3C(F)(F)F)cc([N+](=O)[O-])c1. The number of amides is 1. The van der Waals surface area contributed by atoms with E-state index >= 15 is 0 Å². The van der Waals surface area contributed by atoms with Gasteiger partial charge in [-0.1, -0.05) is 0 Å². The lowest BCUT2D eigenvalue weighted by atomic mass is 10.0. The molecule has 3 aromatic rings. The summed E-state index contributed by atoms with van der Waals surface area (Å²) in [4.78, 5) is 23.3. The first kappa shape index (κ1) is 24.1. The smallest absolute Gasteiger partial charge is 0.410 e. The Hall–Kier alpha value is -3.07. The van der Waals surface area contributed by atoms with Crippen LogP contribution in [-0.2, 0) is 0 Å². The van der Waals surface area contributed by atoms with Gasteiger partial charge in [-0.25, -0.2) is 4.68 Å². The maximum Gasteiger partial charge on any atom is 0.410 e. The largest absolute Gasteiger partial charge is 0.496 e. The molecule has 0 radical (unpaired) electrons. The number of rotatable bonds is 5. The number of aromatic nitrogens is 2. The second-order valence-corrected chi connectivity index (χ2v) is 8.79. The number of carbonyl (C=O) groups is 1. The van der Waals surface area contributed by atoms with E-state index in [1.54, 1.807) is 12.1 Å². The number of nitro groups is 1. The summed E-state index contributed by atoms with van der Waals surface area (Å²) in [5, 5.41) is 20.4. The van der Waals surface area contributed by atoms with Crippen LogP contribution in [0.3, 0.4) is 0 Å². The van der Waals surface area contributed by atoms with E-state index in [-0.39, 0.29) is 38.9 Å². The van der Waals surface area contributed by atoms with Gasteiger partial charge in [0.25, 0.3) is 11.6 Å². The van der Waals surface area contributed by atoms with Crippen LogP contribution in [-0.4, -0.2) is 33.9 Å². The van der Waals surface area contributed by atoms with Gasteiger partial charge in [0, 0.05) is 18.6 Å². The third kappa shape index (κ3) is 4.61. The fourth-order valence-corrected chi connectivity index (χ4v) is 4.38. The van der Waals surface area contributed by atoms with Gasteiger partial charge >= 0.3 is 6.18 Å². The summed E-state index contributed by atoms with van der Waals surface area (Å²) in [6.45, 7) is 0. The minimum absolute atomic E-state index is 0.00700. The molecule has 2 atom stereocenters. The van der Waals surface area contributed by atoms with Crippen LogP contribution in [0.1, 0.15) is 34.8 Å². The number of benzene rings is 1. The zero-order chi connectivity index (χ0) is 24.8. The average Bonchev–Trinajstić information content (AvgIpc) is 3.35. The van der Waals surface area contributed by atoms with Gasteiger partial charge in [-0.2, -0.15) is 18.3 Å². The lowest BCUT2D eigenvalue weighted by molar-refractivity contribution is -0.384. The van der Waals surface area contributed by atoms with Crippen molar-refractivity contribution in [2.75, 3.05) is 17.7 Å². The Balaban J connectivity index is 1.69. The highest BCUT2D eigenvalue weighted by molar-refractivity contribution is 9.10. The first-order valence-corrected chi connectivity index (χ1v) is 11.1. The van der Waals surface area contributed by atoms with Gasteiger partial charge in [0.2, 0.25) is 0 Å². The molecule has 4 rings (SSSR count). The van der Waals surface area contributed by atoms with Crippen molar-refractivity contribution in [1.29, 1.82) is 0 Å². The fraction of sp³-hybridized carbons (Fsp3) is 0.263. The van der Waals surface area contributed by atoms with E-state index in [9.17, 15) is 28.1 Å². The van der Waals surface area contributed by atoms with Crippen LogP contribution in [0.5, 0.6) is 5.75 Å². The fourth-order valence-electron chi connectivity index (χ4n) is 3.51. The maximum absolute atomic E-state index is 13.9. The van der Waals surface area contributed by atoms with E-state index in [1.165, 1.54) is 13.2 Å². The minimum Gasteiger partial charge on any atom is -0.496 e. The number of furan rings is 1. The Morgan fingerprint density at radius 1 is 1.35 bits per heavy atom. The molecule has 1 aliphatic heterocycles. The van der Waals surface area contributed by atoms with E-state index in [0.717, 1.165) is 12.1 Å². The normalized spacial score (nSPS) is 17.6. The van der Waals surface area contributed by atoms with Gasteiger partial charge in [0.05, 0.1) is 34.3 Å². The number of alkyl halides is 3. The molecule has 1 aromatic carbocycles. The number of fused-ring (bicyclic) bond motifs is 1. The van der Waals surface area contributed by atoms with E-state index in [4.69, 9.17) is 9.15 Å². The van der Waals surface area contributed by atoms with Crippen LogP contribution in [0.15, 0.2) is 43.9 Å². The highest BCUT2D eigenvalue weighted by Crippen LogP contribution is 2.46. The van der Waals surface area contributed by atoms with E-state index < -0.39 is 35.5 Å². The summed E-state index contributed by atoms with van der Waals surface area (Å²) in [6.07, 6.45) is -5.08. The lowest BCUT2D eigenvalue weighted by Gasteiger charge is -2.32. The zero-order valence-electron chi connectivity index (χ0n) is 17.0. The molecule has 0 unspecified atom stereocenters. The average molecular weight is 609 g/mol. The van der Waals surface area contributed by atoms with Crippen molar-refractivity contribution in [3.63, 3.8) is 0 Å². The minimum atomic E-state index is -4.66. The van der Waals surface area contributed by atoms with Crippen molar-refractivity contribution >= 4 is 55.0 Å². The quantitative estimate of drug-likeness (QED) is 0.276. The number of hydrogen-bond donors (Lipinski definition) is 2. The van der Waals surface area contributed by atoms with Crippen LogP contribution in [0.4, 0.5) is 30.4 Å². The van der Waals surface area contributed by atoms with Gasteiger partial charge in [-0.3, -0.25) is 14.9 Å². The first-order chi connectivity index (χ1) is 16.0. The predicted octanol–water partition coefficient (Wildman–Crippen LogP) is 5.83. The molecule has 2 N–H and O–H groups in total. The monoisotopic (exact) mass is 607 g/mol. The molecule has 0 spiro atoms. The summed E-state index contributed by atoms with van der Waals surface area (Å²) >= 11 is 6.30. The molecule has 0 bridgehead atoms. The number of carbonyl (C=O) groups excluding carboxylic acids is 1. The number of hydrogen-bond acceptors (Lipinski definition) is 7. The molecule has 0 saturated carbocycles. The van der Waals surface area contributed by atoms with Crippen LogP contribution < -0.4 is 15.4 Å². The van der Waals surface area contributed by atoms with Crippen LogP contribution in [0.25, 0.3) is 0 Å². The number of methoxy groups -OCH3 is 1. The number of nitrogens with one attached hydrogen (secondary N) is 2. The van der Waals surface area contributed by atoms with Crippen LogP contribution in [0, 0.1) is 10.1 Å². The molecule has 2 aromatic heterocycles. The van der Waals surface area contributed by atoms with E-state index in [0.29, 0.717) is 9.35 Å². The van der Waals surface area contributed by atoms with Crippen LogP contribution >= 0.6 is 31.9 Å².